The van der Waals surface area contributed by atoms with Gasteiger partial charge in [-0.05, 0) is 12.1 Å². The molecule has 1 aromatic heterocycles. The number of benzene rings is 1. The number of fused-ring (bicyclic) bond motifs is 1. The van der Waals surface area contributed by atoms with Crippen molar-refractivity contribution < 1.29 is 0 Å². The molecule has 2 heteroatoms. The van der Waals surface area contributed by atoms with Crippen molar-refractivity contribution in [3.8, 4) is 0 Å². The van der Waals surface area contributed by atoms with Crippen LogP contribution in [0.2, 0.25) is 0 Å². The van der Waals surface area contributed by atoms with E-state index in [1.54, 1.807) is 12.4 Å². The van der Waals surface area contributed by atoms with Crippen molar-refractivity contribution >= 4 is 17.0 Å². The lowest BCUT2D eigenvalue weighted by Crippen LogP contribution is -1.85. The standard InChI is InChI=1S/C10H8N2.C2H6/c1-2-9-8-5-3-4-6-10(8)12-7-11-9;1-2/h2-7H,1H2;1-2H3. The Kier molecular flexibility index (Phi) is 3.80. The first-order chi connectivity index (χ1) is 6.92. The minimum atomic E-state index is 0.889. The molecular weight excluding hydrogens is 172 g/mol. The van der Waals surface area contributed by atoms with E-state index in [2.05, 4.69) is 16.5 Å². The Bertz CT molecular complexity index is 416. The zero-order valence-electron chi connectivity index (χ0n) is 8.57. The molecule has 1 aromatic carbocycles. The van der Waals surface area contributed by atoms with Crippen LogP contribution in [0.1, 0.15) is 19.5 Å². The first-order valence-corrected chi connectivity index (χ1v) is 4.74. The van der Waals surface area contributed by atoms with Crippen molar-refractivity contribution in [1.82, 2.24) is 9.97 Å². The predicted octanol–water partition coefficient (Wildman–Crippen LogP) is 3.30. The van der Waals surface area contributed by atoms with Gasteiger partial charge in [-0.1, -0.05) is 38.6 Å². The molecule has 0 aliphatic carbocycles. The molecule has 0 fully saturated rings. The lowest BCUT2D eigenvalue weighted by molar-refractivity contribution is 1.21. The molecule has 0 radical (unpaired) electrons. The van der Waals surface area contributed by atoms with Gasteiger partial charge in [-0.25, -0.2) is 9.97 Å². The van der Waals surface area contributed by atoms with E-state index < -0.39 is 0 Å². The maximum Gasteiger partial charge on any atom is 0.116 e. The topological polar surface area (TPSA) is 25.8 Å². The quantitative estimate of drug-likeness (QED) is 0.683. The van der Waals surface area contributed by atoms with Gasteiger partial charge in [0.1, 0.15) is 6.33 Å². The molecule has 0 amide bonds. The van der Waals surface area contributed by atoms with Crippen LogP contribution in [0.3, 0.4) is 0 Å². The fraction of sp³-hybridized carbons (Fsp3) is 0.167. The number of nitrogens with zero attached hydrogens (tertiary/aromatic N) is 2. The Morgan fingerprint density at radius 1 is 1.14 bits per heavy atom. The molecule has 2 rings (SSSR count). The van der Waals surface area contributed by atoms with Gasteiger partial charge >= 0.3 is 0 Å². The summed E-state index contributed by atoms with van der Waals surface area (Å²) in [6.45, 7) is 7.69. The van der Waals surface area contributed by atoms with Crippen molar-refractivity contribution in [2.24, 2.45) is 0 Å². The number of para-hydroxylation sites is 1. The maximum atomic E-state index is 4.13. The monoisotopic (exact) mass is 186 g/mol. The molecule has 0 aliphatic heterocycles. The minimum absolute atomic E-state index is 0.889. The fourth-order valence-electron chi connectivity index (χ4n) is 1.19. The largest absolute Gasteiger partial charge is 0.236 e. The van der Waals surface area contributed by atoms with Crippen LogP contribution < -0.4 is 0 Å². The van der Waals surface area contributed by atoms with E-state index in [9.17, 15) is 0 Å². The van der Waals surface area contributed by atoms with Gasteiger partial charge in [-0.15, -0.1) is 0 Å². The Morgan fingerprint density at radius 2 is 1.86 bits per heavy atom. The molecule has 0 unspecified atom stereocenters. The molecule has 0 spiro atoms. The Morgan fingerprint density at radius 3 is 2.57 bits per heavy atom. The second-order valence-electron chi connectivity index (χ2n) is 2.48. The number of hydrogen-bond acceptors (Lipinski definition) is 2. The molecule has 1 heterocycles. The van der Waals surface area contributed by atoms with Crippen LogP contribution >= 0.6 is 0 Å². The summed E-state index contributed by atoms with van der Waals surface area (Å²) in [5.74, 6) is 0. The number of rotatable bonds is 1. The van der Waals surface area contributed by atoms with Crippen LogP contribution in [0, 0.1) is 0 Å². The minimum Gasteiger partial charge on any atom is -0.236 e. The summed E-state index contributed by atoms with van der Waals surface area (Å²) in [7, 11) is 0. The molecular formula is C12H14N2. The molecule has 2 nitrogen and oxygen atoms in total. The lowest BCUT2D eigenvalue weighted by atomic mass is 10.2. The highest BCUT2D eigenvalue weighted by atomic mass is 14.8. The third-order valence-electron chi connectivity index (χ3n) is 1.77. The van der Waals surface area contributed by atoms with Gasteiger partial charge in [0.15, 0.2) is 0 Å². The van der Waals surface area contributed by atoms with Crippen LogP contribution in [-0.2, 0) is 0 Å². The summed E-state index contributed by atoms with van der Waals surface area (Å²) in [5, 5.41) is 1.05. The zero-order valence-corrected chi connectivity index (χ0v) is 8.57. The summed E-state index contributed by atoms with van der Waals surface area (Å²) in [4.78, 5) is 8.23. The highest BCUT2D eigenvalue weighted by Gasteiger charge is 1.96. The van der Waals surface area contributed by atoms with E-state index in [4.69, 9.17) is 0 Å². The lowest BCUT2D eigenvalue weighted by Gasteiger charge is -1.97. The van der Waals surface area contributed by atoms with Crippen molar-refractivity contribution in [3.05, 3.63) is 42.9 Å². The predicted molar refractivity (Wildman–Crippen MR) is 61.0 cm³/mol. The van der Waals surface area contributed by atoms with Crippen LogP contribution in [-0.4, -0.2) is 9.97 Å². The highest BCUT2D eigenvalue weighted by Crippen LogP contribution is 2.13. The van der Waals surface area contributed by atoms with Crippen molar-refractivity contribution in [2.45, 2.75) is 13.8 Å². The van der Waals surface area contributed by atoms with E-state index in [-0.39, 0.29) is 0 Å². The van der Waals surface area contributed by atoms with Gasteiger partial charge in [-0.3, -0.25) is 0 Å². The van der Waals surface area contributed by atoms with E-state index in [1.807, 2.05) is 38.1 Å². The molecule has 2 aromatic rings. The van der Waals surface area contributed by atoms with Gasteiger partial charge in [0, 0.05) is 5.39 Å². The average Bonchev–Trinajstić information content (AvgIpc) is 2.31. The molecule has 0 aliphatic rings. The van der Waals surface area contributed by atoms with Gasteiger partial charge in [0.05, 0.1) is 11.2 Å². The van der Waals surface area contributed by atoms with Crippen molar-refractivity contribution in [3.63, 3.8) is 0 Å². The van der Waals surface area contributed by atoms with Crippen LogP contribution in [0.25, 0.3) is 17.0 Å². The van der Waals surface area contributed by atoms with Crippen LogP contribution in [0.4, 0.5) is 0 Å². The van der Waals surface area contributed by atoms with Gasteiger partial charge < -0.3 is 0 Å². The van der Waals surface area contributed by atoms with E-state index in [0.29, 0.717) is 0 Å². The normalized spacial score (nSPS) is 9.00. The summed E-state index contributed by atoms with van der Waals surface area (Å²) in [5.41, 5.74) is 1.85. The molecule has 0 atom stereocenters. The van der Waals surface area contributed by atoms with Gasteiger partial charge in [0.2, 0.25) is 0 Å². The fourth-order valence-corrected chi connectivity index (χ4v) is 1.19. The second-order valence-corrected chi connectivity index (χ2v) is 2.48. The van der Waals surface area contributed by atoms with Crippen LogP contribution in [0.15, 0.2) is 37.2 Å². The Balaban J connectivity index is 0.000000461. The van der Waals surface area contributed by atoms with E-state index in [1.165, 1.54) is 0 Å². The molecule has 72 valence electrons. The molecule has 0 saturated heterocycles. The third-order valence-corrected chi connectivity index (χ3v) is 1.77. The third kappa shape index (κ3) is 1.96. The molecule has 14 heavy (non-hydrogen) atoms. The molecule has 0 bridgehead atoms. The Hall–Kier alpha value is -1.70. The molecule has 0 N–H and O–H groups in total. The van der Waals surface area contributed by atoms with Gasteiger partial charge in [0.25, 0.3) is 0 Å². The number of aromatic nitrogens is 2. The first kappa shape index (κ1) is 10.4. The zero-order chi connectivity index (χ0) is 10.4. The summed E-state index contributed by atoms with van der Waals surface area (Å²) in [6.07, 6.45) is 3.30. The smallest absolute Gasteiger partial charge is 0.116 e. The first-order valence-electron chi connectivity index (χ1n) is 4.74. The Labute approximate surface area is 84.3 Å². The SMILES string of the molecule is C=Cc1ncnc2ccccc12.CC. The second kappa shape index (κ2) is 5.12. The van der Waals surface area contributed by atoms with E-state index >= 15 is 0 Å². The van der Waals surface area contributed by atoms with E-state index in [0.717, 1.165) is 16.6 Å². The van der Waals surface area contributed by atoms with Crippen LogP contribution in [0.5, 0.6) is 0 Å². The summed E-state index contributed by atoms with van der Waals surface area (Å²) >= 11 is 0. The molecule has 0 saturated carbocycles. The highest BCUT2D eigenvalue weighted by molar-refractivity contribution is 5.85. The summed E-state index contributed by atoms with van der Waals surface area (Å²) < 4.78 is 0. The average molecular weight is 186 g/mol. The van der Waals surface area contributed by atoms with Gasteiger partial charge in [-0.2, -0.15) is 0 Å². The summed E-state index contributed by atoms with van der Waals surface area (Å²) in [6, 6.07) is 7.89. The van der Waals surface area contributed by atoms with Crippen molar-refractivity contribution in [2.75, 3.05) is 0 Å². The maximum absolute atomic E-state index is 4.13. The number of hydrogen-bond donors (Lipinski definition) is 0. The van der Waals surface area contributed by atoms with Crippen molar-refractivity contribution in [1.29, 1.82) is 0 Å².